The highest BCUT2D eigenvalue weighted by Gasteiger charge is 2.31. The minimum Gasteiger partial charge on any atom is -0.353 e. The summed E-state index contributed by atoms with van der Waals surface area (Å²) in [5.41, 5.74) is 8.78. The van der Waals surface area contributed by atoms with Crippen molar-refractivity contribution < 1.29 is 4.79 Å². The summed E-state index contributed by atoms with van der Waals surface area (Å²) in [6, 6.07) is 8.21. The monoisotopic (exact) mass is 353 g/mol. The quantitative estimate of drug-likeness (QED) is 0.826. The molecule has 0 saturated heterocycles. The fourth-order valence-electron chi connectivity index (χ4n) is 3.06. The summed E-state index contributed by atoms with van der Waals surface area (Å²) < 4.78 is 0. The van der Waals surface area contributed by atoms with Gasteiger partial charge in [-0.15, -0.1) is 12.4 Å². The number of hydrogen-bond acceptors (Lipinski definition) is 3. The molecule has 2 rings (SSSR count). The highest BCUT2D eigenvalue weighted by Crippen LogP contribution is 2.25. The molecular formula is C19H32ClN3O. The molecule has 0 aliphatic carbocycles. The Morgan fingerprint density at radius 3 is 2.58 bits per heavy atom. The lowest BCUT2D eigenvalue weighted by Gasteiger charge is -2.42. The zero-order valence-corrected chi connectivity index (χ0v) is 16.2. The number of nitrogens with one attached hydrogen (secondary N) is 1. The number of rotatable bonds is 6. The van der Waals surface area contributed by atoms with Crippen LogP contribution in [0.3, 0.4) is 0 Å². The maximum absolute atomic E-state index is 12.2. The maximum atomic E-state index is 12.2. The molecule has 0 fully saturated rings. The number of carbonyl (C=O) groups excluding carboxylic acids is 1. The van der Waals surface area contributed by atoms with Crippen LogP contribution in [0.1, 0.15) is 45.2 Å². The van der Waals surface area contributed by atoms with Crippen LogP contribution in [0.25, 0.3) is 0 Å². The lowest BCUT2D eigenvalue weighted by Crippen LogP contribution is -2.55. The summed E-state index contributed by atoms with van der Waals surface area (Å²) in [6.07, 6.45) is 1.99. The van der Waals surface area contributed by atoms with Gasteiger partial charge in [-0.2, -0.15) is 0 Å². The normalized spacial score (nSPS) is 17.4. The molecule has 4 nitrogen and oxygen atoms in total. The lowest BCUT2D eigenvalue weighted by molar-refractivity contribution is -0.124. The van der Waals surface area contributed by atoms with Gasteiger partial charge in [-0.3, -0.25) is 9.69 Å². The van der Waals surface area contributed by atoms with Crippen LogP contribution in [0.15, 0.2) is 24.3 Å². The van der Waals surface area contributed by atoms with Crippen LogP contribution in [0.5, 0.6) is 0 Å². The summed E-state index contributed by atoms with van der Waals surface area (Å²) in [5, 5.41) is 3.05. The van der Waals surface area contributed by atoms with Crippen LogP contribution in [-0.4, -0.2) is 35.5 Å². The Labute approximate surface area is 152 Å². The summed E-state index contributed by atoms with van der Waals surface area (Å²) in [4.78, 5) is 14.7. The number of fused-ring (bicyclic) bond motifs is 1. The second kappa shape index (κ2) is 8.84. The van der Waals surface area contributed by atoms with Gasteiger partial charge < -0.3 is 11.1 Å². The van der Waals surface area contributed by atoms with Gasteiger partial charge in [0.2, 0.25) is 5.91 Å². The third kappa shape index (κ3) is 4.95. The van der Waals surface area contributed by atoms with Gasteiger partial charge in [-0.25, -0.2) is 0 Å². The van der Waals surface area contributed by atoms with E-state index in [9.17, 15) is 4.79 Å². The molecule has 1 heterocycles. The average Bonchev–Trinajstić information content (AvgIpc) is 2.57. The first-order chi connectivity index (χ1) is 10.8. The third-order valence-electron chi connectivity index (χ3n) is 5.24. The van der Waals surface area contributed by atoms with Gasteiger partial charge in [0, 0.05) is 25.2 Å². The molecule has 1 aliphatic rings. The van der Waals surface area contributed by atoms with Crippen LogP contribution in [0.4, 0.5) is 0 Å². The highest BCUT2D eigenvalue weighted by molar-refractivity contribution is 5.85. The van der Waals surface area contributed by atoms with Crippen molar-refractivity contribution >= 4 is 18.3 Å². The number of nitrogens with two attached hydrogens (primary N) is 1. The van der Waals surface area contributed by atoms with Crippen molar-refractivity contribution in [2.45, 2.75) is 58.7 Å². The SMILES string of the molecule is CCC(C)C(N)C(=O)NCC(C)(C)N1CCc2ccccc2C1.Cl. The first kappa shape index (κ1) is 20.9. The average molecular weight is 354 g/mol. The Morgan fingerprint density at radius 1 is 1.33 bits per heavy atom. The molecule has 3 N–H and O–H groups in total. The fraction of sp³-hybridized carbons (Fsp3) is 0.632. The van der Waals surface area contributed by atoms with Gasteiger partial charge in [0.05, 0.1) is 6.04 Å². The molecule has 1 aromatic rings. The first-order valence-corrected chi connectivity index (χ1v) is 8.70. The summed E-state index contributed by atoms with van der Waals surface area (Å²) >= 11 is 0. The van der Waals surface area contributed by atoms with Gasteiger partial charge in [-0.1, -0.05) is 44.5 Å². The second-order valence-corrected chi connectivity index (χ2v) is 7.38. The molecule has 0 aromatic heterocycles. The molecule has 0 bridgehead atoms. The Hall–Kier alpha value is -1.10. The molecule has 2 atom stereocenters. The number of nitrogens with zero attached hydrogens (tertiary/aromatic N) is 1. The molecular weight excluding hydrogens is 322 g/mol. The number of amides is 1. The van der Waals surface area contributed by atoms with Crippen molar-refractivity contribution in [3.63, 3.8) is 0 Å². The largest absolute Gasteiger partial charge is 0.353 e. The van der Waals surface area contributed by atoms with Crippen LogP contribution >= 0.6 is 12.4 Å². The molecule has 0 radical (unpaired) electrons. The van der Waals surface area contributed by atoms with Crippen molar-refractivity contribution in [3.05, 3.63) is 35.4 Å². The molecule has 136 valence electrons. The van der Waals surface area contributed by atoms with E-state index in [1.807, 2.05) is 6.92 Å². The number of carbonyl (C=O) groups is 1. The minimum absolute atomic E-state index is 0. The summed E-state index contributed by atoms with van der Waals surface area (Å²) in [6.45, 7) is 11.1. The van der Waals surface area contributed by atoms with E-state index in [1.165, 1.54) is 11.1 Å². The molecule has 0 spiro atoms. The van der Waals surface area contributed by atoms with Crippen molar-refractivity contribution in [2.75, 3.05) is 13.1 Å². The van der Waals surface area contributed by atoms with Gasteiger partial charge >= 0.3 is 0 Å². The standard InChI is InChI=1S/C19H31N3O.ClH/c1-5-14(2)17(20)18(23)21-13-19(3,4)22-11-10-15-8-6-7-9-16(15)12-22;/h6-9,14,17H,5,10-13,20H2,1-4H3,(H,21,23);1H. The minimum atomic E-state index is -0.419. The second-order valence-electron chi connectivity index (χ2n) is 7.38. The molecule has 5 heteroatoms. The number of halogens is 1. The van der Waals surface area contributed by atoms with Crippen LogP contribution in [-0.2, 0) is 17.8 Å². The zero-order chi connectivity index (χ0) is 17.0. The fourth-order valence-corrected chi connectivity index (χ4v) is 3.06. The van der Waals surface area contributed by atoms with E-state index in [1.54, 1.807) is 0 Å². The van der Waals surface area contributed by atoms with Crippen molar-refractivity contribution in [3.8, 4) is 0 Å². The lowest BCUT2D eigenvalue weighted by atomic mass is 9.93. The Balaban J connectivity index is 0.00000288. The smallest absolute Gasteiger partial charge is 0.237 e. The Kier molecular flexibility index (Phi) is 7.71. The highest BCUT2D eigenvalue weighted by atomic mass is 35.5. The van der Waals surface area contributed by atoms with E-state index in [-0.39, 0.29) is 29.8 Å². The van der Waals surface area contributed by atoms with E-state index >= 15 is 0 Å². The molecule has 2 unspecified atom stereocenters. The van der Waals surface area contributed by atoms with Crippen LogP contribution in [0, 0.1) is 5.92 Å². The van der Waals surface area contributed by atoms with E-state index in [0.29, 0.717) is 6.54 Å². The summed E-state index contributed by atoms with van der Waals surface area (Å²) in [5.74, 6) is 0.171. The molecule has 1 aliphatic heterocycles. The van der Waals surface area contributed by atoms with E-state index in [2.05, 4.69) is 55.3 Å². The summed E-state index contributed by atoms with van der Waals surface area (Å²) in [7, 11) is 0. The maximum Gasteiger partial charge on any atom is 0.237 e. The predicted molar refractivity (Wildman–Crippen MR) is 102 cm³/mol. The van der Waals surface area contributed by atoms with Gasteiger partial charge in [-0.05, 0) is 37.3 Å². The van der Waals surface area contributed by atoms with Gasteiger partial charge in [0.25, 0.3) is 0 Å². The van der Waals surface area contributed by atoms with Crippen molar-refractivity contribution in [1.82, 2.24) is 10.2 Å². The van der Waals surface area contributed by atoms with Crippen LogP contribution < -0.4 is 11.1 Å². The van der Waals surface area contributed by atoms with Gasteiger partial charge in [0.1, 0.15) is 0 Å². The van der Waals surface area contributed by atoms with Crippen LogP contribution in [0.2, 0.25) is 0 Å². The molecule has 0 saturated carbocycles. The molecule has 1 amide bonds. The first-order valence-electron chi connectivity index (χ1n) is 8.70. The van der Waals surface area contributed by atoms with E-state index in [4.69, 9.17) is 5.73 Å². The molecule has 24 heavy (non-hydrogen) atoms. The van der Waals surface area contributed by atoms with E-state index < -0.39 is 6.04 Å². The predicted octanol–water partition coefficient (Wildman–Crippen LogP) is 2.73. The Bertz CT molecular complexity index is 547. The number of hydrogen-bond donors (Lipinski definition) is 2. The Morgan fingerprint density at radius 2 is 1.96 bits per heavy atom. The van der Waals surface area contributed by atoms with Gasteiger partial charge in [0.15, 0.2) is 0 Å². The number of benzene rings is 1. The zero-order valence-electron chi connectivity index (χ0n) is 15.3. The van der Waals surface area contributed by atoms with Crippen molar-refractivity contribution in [1.29, 1.82) is 0 Å². The van der Waals surface area contributed by atoms with Crippen molar-refractivity contribution in [2.24, 2.45) is 11.7 Å². The van der Waals surface area contributed by atoms with E-state index in [0.717, 1.165) is 25.9 Å². The third-order valence-corrected chi connectivity index (χ3v) is 5.24. The topological polar surface area (TPSA) is 58.4 Å². The molecule has 1 aromatic carbocycles.